The van der Waals surface area contributed by atoms with E-state index in [0.717, 1.165) is 28.8 Å². The molecule has 0 aliphatic heterocycles. The monoisotopic (exact) mass is 357 g/mol. The molecule has 0 fully saturated rings. The number of hydrogen-bond acceptors (Lipinski definition) is 6. The molecule has 0 unspecified atom stereocenters. The summed E-state index contributed by atoms with van der Waals surface area (Å²) >= 11 is 0. The smallest absolute Gasteiger partial charge is 0.356 e. The van der Waals surface area contributed by atoms with Gasteiger partial charge in [-0.3, -0.25) is 14.3 Å². The van der Waals surface area contributed by atoms with E-state index in [1.54, 1.807) is 0 Å². The van der Waals surface area contributed by atoms with Gasteiger partial charge < -0.3 is 9.64 Å². The van der Waals surface area contributed by atoms with Crippen molar-refractivity contribution in [2.24, 2.45) is 7.05 Å². The number of ether oxygens (including phenoxy) is 1. The molecule has 0 saturated carbocycles. The minimum absolute atomic E-state index is 0.127. The molecule has 0 radical (unpaired) electrons. The van der Waals surface area contributed by atoms with E-state index >= 15 is 0 Å². The minimum atomic E-state index is -0.534. The standard InChI is InChI=1S/C17H20N6O3/c1-22(2)9-4-10-26-12-7-5-11(6-8-12)14-18-13-15(21-20-14)19-17(25)23(3)16(13)24/h5-8H,4,9-10H2,1-3H3,(H,19,21,25)/p+1. The van der Waals surface area contributed by atoms with Crippen molar-refractivity contribution in [1.82, 2.24) is 24.6 Å². The van der Waals surface area contributed by atoms with Crippen LogP contribution in [0.4, 0.5) is 0 Å². The molecule has 0 spiro atoms. The first kappa shape index (κ1) is 17.7. The Morgan fingerprint density at radius 1 is 1.19 bits per heavy atom. The summed E-state index contributed by atoms with van der Waals surface area (Å²) in [6, 6.07) is 7.36. The van der Waals surface area contributed by atoms with Gasteiger partial charge in [0.15, 0.2) is 0 Å². The Bertz CT molecular complexity index is 1020. The third-order valence-corrected chi connectivity index (χ3v) is 3.92. The lowest BCUT2D eigenvalue weighted by atomic mass is 10.2. The van der Waals surface area contributed by atoms with E-state index in [4.69, 9.17) is 4.74 Å². The molecular weight excluding hydrogens is 336 g/mol. The summed E-state index contributed by atoms with van der Waals surface area (Å²) in [6.45, 7) is 1.61. The fourth-order valence-electron chi connectivity index (χ4n) is 2.45. The van der Waals surface area contributed by atoms with Crippen LogP contribution in [-0.2, 0) is 7.05 Å². The van der Waals surface area contributed by atoms with Crippen molar-refractivity contribution in [1.29, 1.82) is 0 Å². The van der Waals surface area contributed by atoms with Gasteiger partial charge in [0.1, 0.15) is 5.75 Å². The van der Waals surface area contributed by atoms with Crippen molar-refractivity contribution in [3.05, 3.63) is 45.1 Å². The van der Waals surface area contributed by atoms with Gasteiger partial charge >= 0.3 is 17.1 Å². The molecule has 9 nitrogen and oxygen atoms in total. The van der Waals surface area contributed by atoms with Crippen LogP contribution >= 0.6 is 0 Å². The predicted molar refractivity (Wildman–Crippen MR) is 96.1 cm³/mol. The van der Waals surface area contributed by atoms with Crippen LogP contribution in [0.1, 0.15) is 6.42 Å². The van der Waals surface area contributed by atoms with Crippen LogP contribution in [0.25, 0.3) is 22.6 Å². The van der Waals surface area contributed by atoms with Gasteiger partial charge in [-0.25, -0.2) is 9.78 Å². The first-order valence-corrected chi connectivity index (χ1v) is 8.22. The zero-order valence-corrected chi connectivity index (χ0v) is 14.9. The van der Waals surface area contributed by atoms with Gasteiger partial charge in [-0.05, 0) is 49.9 Å². The van der Waals surface area contributed by atoms with Crippen molar-refractivity contribution in [2.45, 2.75) is 6.42 Å². The van der Waals surface area contributed by atoms with E-state index < -0.39 is 11.2 Å². The lowest BCUT2D eigenvalue weighted by molar-refractivity contribution is -0.337. The molecule has 0 aliphatic rings. The SMILES string of the molecule is CN(C)CCCOc1ccc(-c2nnc3[nH]c(=O)n(C)c(=O)c3[nH+]2)cc1. The summed E-state index contributed by atoms with van der Waals surface area (Å²) in [7, 11) is 5.45. The Hall–Kier alpha value is -3.07. The van der Waals surface area contributed by atoms with Crippen molar-refractivity contribution in [3.63, 3.8) is 0 Å². The first-order chi connectivity index (χ1) is 12.5. The van der Waals surface area contributed by atoms with Crippen LogP contribution in [0.3, 0.4) is 0 Å². The zero-order chi connectivity index (χ0) is 18.7. The van der Waals surface area contributed by atoms with Crippen molar-refractivity contribution < 1.29 is 9.72 Å². The third-order valence-electron chi connectivity index (χ3n) is 3.92. The molecule has 0 aliphatic carbocycles. The van der Waals surface area contributed by atoms with Gasteiger partial charge in [0.2, 0.25) is 11.2 Å². The fraction of sp³-hybridized carbons (Fsp3) is 0.353. The number of hydrogen-bond donors (Lipinski definition) is 1. The summed E-state index contributed by atoms with van der Waals surface area (Å²) in [4.78, 5) is 31.4. The van der Waals surface area contributed by atoms with Crippen LogP contribution < -0.4 is 21.0 Å². The van der Waals surface area contributed by atoms with Gasteiger partial charge in [-0.2, -0.15) is 0 Å². The quantitative estimate of drug-likeness (QED) is 0.614. The van der Waals surface area contributed by atoms with E-state index in [1.165, 1.54) is 7.05 Å². The molecule has 0 bridgehead atoms. The molecule has 136 valence electrons. The molecule has 0 atom stereocenters. The highest BCUT2D eigenvalue weighted by Gasteiger charge is 2.17. The molecule has 26 heavy (non-hydrogen) atoms. The highest BCUT2D eigenvalue weighted by Crippen LogP contribution is 2.18. The number of fused-ring (bicyclic) bond motifs is 1. The molecular formula is C17H21N6O3+. The van der Waals surface area contributed by atoms with Gasteiger partial charge in [0.05, 0.1) is 17.3 Å². The van der Waals surface area contributed by atoms with Gasteiger partial charge in [-0.1, -0.05) is 0 Å². The molecule has 1 aromatic carbocycles. The molecule has 3 rings (SSSR count). The number of rotatable bonds is 6. The summed E-state index contributed by atoms with van der Waals surface area (Å²) in [6.07, 6.45) is 0.945. The molecule has 0 amide bonds. The van der Waals surface area contributed by atoms with Crippen LogP contribution in [-0.4, -0.2) is 51.9 Å². The molecule has 3 aromatic rings. The second-order valence-corrected chi connectivity index (χ2v) is 6.22. The number of aromatic nitrogens is 5. The highest BCUT2D eigenvalue weighted by atomic mass is 16.5. The van der Waals surface area contributed by atoms with E-state index in [2.05, 4.69) is 25.1 Å². The second-order valence-electron chi connectivity index (χ2n) is 6.22. The Kier molecular flexibility index (Phi) is 5.08. The first-order valence-electron chi connectivity index (χ1n) is 8.22. The van der Waals surface area contributed by atoms with Crippen molar-refractivity contribution in [2.75, 3.05) is 27.2 Å². The highest BCUT2D eigenvalue weighted by molar-refractivity contribution is 5.64. The van der Waals surface area contributed by atoms with E-state index in [0.29, 0.717) is 12.4 Å². The molecule has 2 aromatic heterocycles. The molecule has 0 saturated heterocycles. The average molecular weight is 357 g/mol. The van der Waals surface area contributed by atoms with Crippen LogP contribution in [0.5, 0.6) is 5.75 Å². The maximum absolute atomic E-state index is 12.2. The largest absolute Gasteiger partial charge is 0.494 e. The number of nitrogens with zero attached hydrogens (tertiary/aromatic N) is 4. The van der Waals surface area contributed by atoms with E-state index in [1.807, 2.05) is 38.4 Å². The molecule has 2 N–H and O–H groups in total. The number of aromatic amines is 2. The Morgan fingerprint density at radius 2 is 1.92 bits per heavy atom. The van der Waals surface area contributed by atoms with E-state index in [9.17, 15) is 9.59 Å². The van der Waals surface area contributed by atoms with E-state index in [-0.39, 0.29) is 11.2 Å². The lowest BCUT2D eigenvalue weighted by Gasteiger charge is -2.10. The Balaban J connectivity index is 1.81. The summed E-state index contributed by atoms with van der Waals surface area (Å²) in [5.41, 5.74) is 0.0894. The van der Waals surface area contributed by atoms with Crippen LogP contribution in [0.2, 0.25) is 0 Å². The van der Waals surface area contributed by atoms with Gasteiger partial charge in [0, 0.05) is 13.6 Å². The normalized spacial score (nSPS) is 11.2. The van der Waals surface area contributed by atoms with Crippen LogP contribution in [0.15, 0.2) is 33.9 Å². The third kappa shape index (κ3) is 3.77. The summed E-state index contributed by atoms with van der Waals surface area (Å²) < 4.78 is 6.68. The van der Waals surface area contributed by atoms with Crippen molar-refractivity contribution in [3.8, 4) is 17.1 Å². The minimum Gasteiger partial charge on any atom is -0.494 e. The number of benzene rings is 1. The maximum atomic E-state index is 12.2. The number of H-pyrrole nitrogens is 2. The number of nitrogens with one attached hydrogen (secondary N) is 2. The Labute approximate surface area is 149 Å². The summed E-state index contributed by atoms with van der Waals surface area (Å²) in [5, 5.41) is 7.98. The predicted octanol–water partition coefficient (Wildman–Crippen LogP) is -0.172. The summed E-state index contributed by atoms with van der Waals surface area (Å²) in [5.74, 6) is 1.20. The lowest BCUT2D eigenvalue weighted by Crippen LogP contribution is -2.36. The van der Waals surface area contributed by atoms with Gasteiger partial charge in [-0.15, -0.1) is 0 Å². The maximum Gasteiger partial charge on any atom is 0.356 e. The van der Waals surface area contributed by atoms with Crippen molar-refractivity contribution >= 4 is 11.2 Å². The van der Waals surface area contributed by atoms with Gasteiger partial charge in [0.25, 0.3) is 0 Å². The Morgan fingerprint density at radius 3 is 2.62 bits per heavy atom. The van der Waals surface area contributed by atoms with Crippen LogP contribution in [0, 0.1) is 0 Å². The topological polar surface area (TPSA) is 107 Å². The zero-order valence-electron chi connectivity index (χ0n) is 14.9. The average Bonchev–Trinajstić information content (AvgIpc) is 2.64. The second kappa shape index (κ2) is 7.44. The molecule has 9 heteroatoms. The molecule has 2 heterocycles. The fourth-order valence-corrected chi connectivity index (χ4v) is 2.45.